The maximum atomic E-state index is 5.57. The minimum atomic E-state index is 0.291. The van der Waals surface area contributed by atoms with Crippen LogP contribution in [0, 0.1) is 12.3 Å². The SMILES string of the molecule is Cc1ccc(CNCC(C)(C)CN2CCNCC2)o1. The van der Waals surface area contributed by atoms with Crippen LogP contribution in [0.5, 0.6) is 0 Å². The molecule has 1 aliphatic heterocycles. The topological polar surface area (TPSA) is 40.4 Å². The highest BCUT2D eigenvalue weighted by molar-refractivity contribution is 5.05. The smallest absolute Gasteiger partial charge is 0.117 e. The lowest BCUT2D eigenvalue weighted by Gasteiger charge is -2.35. The predicted molar refractivity (Wildman–Crippen MR) is 78.2 cm³/mol. The van der Waals surface area contributed by atoms with Crippen molar-refractivity contribution in [1.29, 1.82) is 0 Å². The van der Waals surface area contributed by atoms with E-state index in [0.29, 0.717) is 5.41 Å². The average molecular weight is 265 g/mol. The highest BCUT2D eigenvalue weighted by atomic mass is 16.3. The zero-order chi connectivity index (χ0) is 13.7. The second-order valence-electron chi connectivity index (χ2n) is 6.31. The Balaban J connectivity index is 1.70. The second kappa shape index (κ2) is 6.55. The van der Waals surface area contributed by atoms with Crippen molar-refractivity contribution in [3.63, 3.8) is 0 Å². The molecular weight excluding hydrogens is 238 g/mol. The second-order valence-corrected chi connectivity index (χ2v) is 6.31. The molecular formula is C15H27N3O. The minimum Gasteiger partial charge on any atom is -0.465 e. The summed E-state index contributed by atoms with van der Waals surface area (Å²) in [6.07, 6.45) is 0. The number of piperazine rings is 1. The fourth-order valence-corrected chi connectivity index (χ4v) is 2.63. The zero-order valence-electron chi connectivity index (χ0n) is 12.5. The van der Waals surface area contributed by atoms with E-state index in [1.165, 1.54) is 13.1 Å². The number of aryl methyl sites for hydroxylation is 1. The minimum absolute atomic E-state index is 0.291. The summed E-state index contributed by atoms with van der Waals surface area (Å²) in [5.74, 6) is 2.01. The summed E-state index contributed by atoms with van der Waals surface area (Å²) in [5, 5.41) is 6.91. The molecule has 108 valence electrons. The van der Waals surface area contributed by atoms with Gasteiger partial charge in [0, 0.05) is 39.3 Å². The molecule has 2 N–H and O–H groups in total. The monoisotopic (exact) mass is 265 g/mol. The van der Waals surface area contributed by atoms with Crippen LogP contribution in [0.2, 0.25) is 0 Å². The number of hydrogen-bond acceptors (Lipinski definition) is 4. The molecule has 2 heterocycles. The van der Waals surface area contributed by atoms with Gasteiger partial charge in [0.05, 0.1) is 6.54 Å². The number of rotatable bonds is 6. The molecule has 4 nitrogen and oxygen atoms in total. The average Bonchev–Trinajstić information content (AvgIpc) is 2.75. The van der Waals surface area contributed by atoms with Gasteiger partial charge >= 0.3 is 0 Å². The van der Waals surface area contributed by atoms with E-state index in [2.05, 4.69) is 29.4 Å². The molecule has 4 heteroatoms. The molecule has 0 spiro atoms. The number of hydrogen-bond donors (Lipinski definition) is 2. The molecule has 1 aliphatic rings. The lowest BCUT2D eigenvalue weighted by Crippen LogP contribution is -2.48. The van der Waals surface area contributed by atoms with E-state index in [9.17, 15) is 0 Å². The van der Waals surface area contributed by atoms with Crippen LogP contribution >= 0.6 is 0 Å². The number of nitrogens with one attached hydrogen (secondary N) is 2. The molecule has 0 bridgehead atoms. The molecule has 0 unspecified atom stereocenters. The van der Waals surface area contributed by atoms with Gasteiger partial charge in [0.2, 0.25) is 0 Å². The van der Waals surface area contributed by atoms with Crippen molar-refractivity contribution in [2.45, 2.75) is 27.3 Å². The predicted octanol–water partition coefficient (Wildman–Crippen LogP) is 1.61. The van der Waals surface area contributed by atoms with E-state index in [1.54, 1.807) is 0 Å². The lowest BCUT2D eigenvalue weighted by molar-refractivity contribution is 0.157. The van der Waals surface area contributed by atoms with E-state index >= 15 is 0 Å². The first-order chi connectivity index (χ1) is 9.05. The molecule has 1 aromatic rings. The third kappa shape index (κ3) is 4.97. The van der Waals surface area contributed by atoms with Gasteiger partial charge in [-0.1, -0.05) is 13.8 Å². The first kappa shape index (κ1) is 14.6. The molecule has 2 rings (SSSR count). The van der Waals surface area contributed by atoms with Crippen LogP contribution < -0.4 is 10.6 Å². The molecule has 1 fully saturated rings. The van der Waals surface area contributed by atoms with Gasteiger partial charge < -0.3 is 20.0 Å². The first-order valence-corrected chi connectivity index (χ1v) is 7.24. The van der Waals surface area contributed by atoms with Crippen LogP contribution in [0.25, 0.3) is 0 Å². The summed E-state index contributed by atoms with van der Waals surface area (Å²) in [4.78, 5) is 2.55. The van der Waals surface area contributed by atoms with Crippen LogP contribution in [0.4, 0.5) is 0 Å². The standard InChI is InChI=1S/C15H27N3O/c1-13-4-5-14(19-13)10-17-11-15(2,3)12-18-8-6-16-7-9-18/h4-5,16-17H,6-12H2,1-3H3. The Kier molecular flexibility index (Phi) is 5.02. The molecule has 1 aromatic heterocycles. The van der Waals surface area contributed by atoms with Gasteiger partial charge in [0.25, 0.3) is 0 Å². The zero-order valence-corrected chi connectivity index (χ0v) is 12.5. The summed E-state index contributed by atoms with van der Waals surface area (Å²) in [5.41, 5.74) is 0.291. The lowest BCUT2D eigenvalue weighted by atomic mass is 9.92. The van der Waals surface area contributed by atoms with Gasteiger partial charge in [-0.3, -0.25) is 0 Å². The van der Waals surface area contributed by atoms with Gasteiger partial charge in [-0.15, -0.1) is 0 Å². The quantitative estimate of drug-likeness (QED) is 0.820. The van der Waals surface area contributed by atoms with Crippen LogP contribution in [0.1, 0.15) is 25.4 Å². The molecule has 0 saturated carbocycles. The van der Waals surface area contributed by atoms with E-state index in [1.807, 2.05) is 19.1 Å². The molecule has 0 amide bonds. The molecule has 1 saturated heterocycles. The molecule has 0 aromatic carbocycles. The van der Waals surface area contributed by atoms with Crippen LogP contribution in [-0.2, 0) is 6.54 Å². The Labute approximate surface area is 116 Å². The Morgan fingerprint density at radius 3 is 2.68 bits per heavy atom. The summed E-state index contributed by atoms with van der Waals surface area (Å²) < 4.78 is 5.57. The normalized spacial score (nSPS) is 17.8. The van der Waals surface area contributed by atoms with Gasteiger partial charge in [0.1, 0.15) is 11.5 Å². The highest BCUT2D eigenvalue weighted by Gasteiger charge is 2.22. The number of furan rings is 1. The van der Waals surface area contributed by atoms with Gasteiger partial charge in [-0.2, -0.15) is 0 Å². The van der Waals surface area contributed by atoms with Gasteiger partial charge in [0.15, 0.2) is 0 Å². The Morgan fingerprint density at radius 2 is 2.05 bits per heavy atom. The van der Waals surface area contributed by atoms with Crippen LogP contribution in [-0.4, -0.2) is 44.2 Å². The third-order valence-electron chi connectivity index (χ3n) is 3.56. The summed E-state index contributed by atoms with van der Waals surface area (Å²) in [6.45, 7) is 14.2. The first-order valence-electron chi connectivity index (χ1n) is 7.24. The summed E-state index contributed by atoms with van der Waals surface area (Å²) in [6, 6.07) is 4.06. The van der Waals surface area contributed by atoms with E-state index in [4.69, 9.17) is 4.42 Å². The van der Waals surface area contributed by atoms with Crippen molar-refractivity contribution in [3.8, 4) is 0 Å². The van der Waals surface area contributed by atoms with Crippen molar-refractivity contribution in [2.24, 2.45) is 5.41 Å². The molecule has 0 radical (unpaired) electrons. The Hall–Kier alpha value is -0.840. The summed E-state index contributed by atoms with van der Waals surface area (Å²) in [7, 11) is 0. The third-order valence-corrected chi connectivity index (χ3v) is 3.56. The van der Waals surface area contributed by atoms with Crippen LogP contribution in [0.3, 0.4) is 0 Å². The van der Waals surface area contributed by atoms with Crippen molar-refractivity contribution in [1.82, 2.24) is 15.5 Å². The van der Waals surface area contributed by atoms with Crippen molar-refractivity contribution in [3.05, 3.63) is 23.7 Å². The largest absolute Gasteiger partial charge is 0.465 e. The maximum Gasteiger partial charge on any atom is 0.117 e. The van der Waals surface area contributed by atoms with Gasteiger partial charge in [-0.25, -0.2) is 0 Å². The molecule has 19 heavy (non-hydrogen) atoms. The van der Waals surface area contributed by atoms with Gasteiger partial charge in [-0.05, 0) is 24.5 Å². The maximum absolute atomic E-state index is 5.57. The van der Waals surface area contributed by atoms with Crippen molar-refractivity contribution in [2.75, 3.05) is 39.3 Å². The Bertz CT molecular complexity index is 380. The fraction of sp³-hybridized carbons (Fsp3) is 0.733. The van der Waals surface area contributed by atoms with E-state index in [-0.39, 0.29) is 0 Å². The van der Waals surface area contributed by atoms with E-state index in [0.717, 1.165) is 44.2 Å². The number of nitrogens with zero attached hydrogens (tertiary/aromatic N) is 1. The fourth-order valence-electron chi connectivity index (χ4n) is 2.63. The van der Waals surface area contributed by atoms with Crippen LogP contribution in [0.15, 0.2) is 16.5 Å². The summed E-state index contributed by atoms with van der Waals surface area (Å²) >= 11 is 0. The Morgan fingerprint density at radius 1 is 1.32 bits per heavy atom. The van der Waals surface area contributed by atoms with Crippen molar-refractivity contribution >= 4 is 0 Å². The highest BCUT2D eigenvalue weighted by Crippen LogP contribution is 2.16. The molecule has 0 aliphatic carbocycles. The van der Waals surface area contributed by atoms with Crippen molar-refractivity contribution < 1.29 is 4.42 Å². The molecule has 0 atom stereocenters. The van der Waals surface area contributed by atoms with E-state index < -0.39 is 0 Å².